The van der Waals surface area contributed by atoms with Gasteiger partial charge in [-0.1, -0.05) is 13.8 Å². The Balaban J connectivity index is 2.11. The Kier molecular flexibility index (Phi) is 7.34. The number of likely N-dealkylation sites (N-methyl/N-ethyl adjacent to an activating group) is 1. The maximum absolute atomic E-state index is 11.9. The van der Waals surface area contributed by atoms with E-state index in [-0.39, 0.29) is 11.8 Å². The van der Waals surface area contributed by atoms with Gasteiger partial charge < -0.3 is 20.9 Å². The minimum absolute atomic E-state index is 0.0522. The minimum Gasteiger partial charge on any atom is -0.356 e. The Bertz CT molecular complexity index is 262. The fourth-order valence-corrected chi connectivity index (χ4v) is 2.40. The number of carbonyl (C=O) groups is 1. The van der Waals surface area contributed by atoms with Gasteiger partial charge in [0.05, 0.1) is 5.92 Å². The van der Waals surface area contributed by atoms with Crippen LogP contribution in [0.1, 0.15) is 20.3 Å². The van der Waals surface area contributed by atoms with Crippen LogP contribution >= 0.6 is 0 Å². The van der Waals surface area contributed by atoms with Gasteiger partial charge in [-0.3, -0.25) is 4.79 Å². The summed E-state index contributed by atoms with van der Waals surface area (Å²) >= 11 is 0. The average Bonchev–Trinajstić information content (AvgIpc) is 2.37. The van der Waals surface area contributed by atoms with Crippen LogP contribution in [0, 0.1) is 11.8 Å². The summed E-state index contributed by atoms with van der Waals surface area (Å²) in [5.41, 5.74) is 5.64. The largest absolute Gasteiger partial charge is 0.356 e. The molecule has 112 valence electrons. The molecule has 0 spiro atoms. The zero-order valence-electron chi connectivity index (χ0n) is 12.7. The Hall–Kier alpha value is -0.650. The molecule has 1 aliphatic heterocycles. The van der Waals surface area contributed by atoms with Crippen molar-refractivity contribution in [2.45, 2.75) is 20.3 Å². The normalized spacial score (nSPS) is 19.6. The lowest BCUT2D eigenvalue weighted by Gasteiger charge is -2.32. The van der Waals surface area contributed by atoms with Crippen LogP contribution in [0.4, 0.5) is 0 Å². The molecule has 1 atom stereocenters. The predicted octanol–water partition coefficient (Wildman–Crippen LogP) is -0.0290. The summed E-state index contributed by atoms with van der Waals surface area (Å²) in [6.07, 6.45) is 1.02. The van der Waals surface area contributed by atoms with Crippen molar-refractivity contribution in [3.63, 3.8) is 0 Å². The third-order valence-corrected chi connectivity index (χ3v) is 3.94. The third kappa shape index (κ3) is 5.89. The summed E-state index contributed by atoms with van der Waals surface area (Å²) in [5.74, 6) is 0.363. The molecule has 1 amide bonds. The van der Waals surface area contributed by atoms with E-state index >= 15 is 0 Å². The average molecular weight is 270 g/mol. The van der Waals surface area contributed by atoms with Crippen LogP contribution in [0.3, 0.4) is 0 Å². The molecule has 0 aromatic heterocycles. The molecule has 3 N–H and O–H groups in total. The number of hydrogen-bond acceptors (Lipinski definition) is 4. The molecule has 1 heterocycles. The second kappa shape index (κ2) is 8.51. The van der Waals surface area contributed by atoms with E-state index in [0.717, 1.165) is 45.7 Å². The molecule has 19 heavy (non-hydrogen) atoms. The molecular weight excluding hydrogens is 240 g/mol. The van der Waals surface area contributed by atoms with E-state index in [0.29, 0.717) is 12.5 Å². The van der Waals surface area contributed by atoms with Crippen LogP contribution in [0.2, 0.25) is 0 Å². The Labute approximate surface area is 117 Å². The van der Waals surface area contributed by atoms with E-state index in [9.17, 15) is 4.79 Å². The molecule has 1 fully saturated rings. The van der Waals surface area contributed by atoms with Crippen molar-refractivity contribution in [3.8, 4) is 0 Å². The van der Waals surface area contributed by atoms with Crippen molar-refractivity contribution in [3.05, 3.63) is 0 Å². The van der Waals surface area contributed by atoms with E-state index in [1.807, 2.05) is 13.8 Å². The number of piperazine rings is 1. The van der Waals surface area contributed by atoms with Gasteiger partial charge in [-0.25, -0.2) is 0 Å². The monoisotopic (exact) mass is 270 g/mol. The van der Waals surface area contributed by atoms with Gasteiger partial charge in [0.15, 0.2) is 0 Å². The summed E-state index contributed by atoms with van der Waals surface area (Å²) < 4.78 is 0. The van der Waals surface area contributed by atoms with E-state index in [2.05, 4.69) is 22.2 Å². The van der Waals surface area contributed by atoms with Crippen LogP contribution in [-0.2, 0) is 4.79 Å². The number of carbonyl (C=O) groups excluding carboxylic acids is 1. The van der Waals surface area contributed by atoms with Crippen LogP contribution in [0.15, 0.2) is 0 Å². The van der Waals surface area contributed by atoms with Gasteiger partial charge in [0.2, 0.25) is 5.91 Å². The van der Waals surface area contributed by atoms with Crippen molar-refractivity contribution < 1.29 is 4.79 Å². The molecule has 1 rings (SSSR count). The summed E-state index contributed by atoms with van der Waals surface area (Å²) in [7, 11) is 2.16. The highest BCUT2D eigenvalue weighted by Crippen LogP contribution is 2.08. The highest BCUT2D eigenvalue weighted by atomic mass is 16.1. The van der Waals surface area contributed by atoms with Crippen molar-refractivity contribution in [1.29, 1.82) is 0 Å². The molecule has 1 aliphatic rings. The number of amides is 1. The van der Waals surface area contributed by atoms with Crippen molar-refractivity contribution >= 4 is 5.91 Å². The van der Waals surface area contributed by atoms with Gasteiger partial charge in [-0.15, -0.1) is 0 Å². The maximum atomic E-state index is 11.9. The molecule has 1 unspecified atom stereocenters. The third-order valence-electron chi connectivity index (χ3n) is 3.94. The molecule has 5 heteroatoms. The Morgan fingerprint density at radius 2 is 1.89 bits per heavy atom. The lowest BCUT2D eigenvalue weighted by molar-refractivity contribution is -0.125. The van der Waals surface area contributed by atoms with Gasteiger partial charge >= 0.3 is 0 Å². The van der Waals surface area contributed by atoms with E-state index in [4.69, 9.17) is 5.73 Å². The first-order chi connectivity index (χ1) is 9.04. The maximum Gasteiger partial charge on any atom is 0.224 e. The van der Waals surface area contributed by atoms with Crippen LogP contribution in [0.5, 0.6) is 0 Å². The first-order valence-corrected chi connectivity index (χ1v) is 7.43. The molecular formula is C14H30N4O. The first kappa shape index (κ1) is 16.4. The smallest absolute Gasteiger partial charge is 0.224 e. The van der Waals surface area contributed by atoms with E-state index in [1.54, 1.807) is 0 Å². The number of nitrogens with one attached hydrogen (secondary N) is 1. The summed E-state index contributed by atoms with van der Waals surface area (Å²) in [6.45, 7) is 10.9. The number of nitrogens with zero attached hydrogens (tertiary/aromatic N) is 2. The van der Waals surface area contributed by atoms with Crippen molar-refractivity contribution in [2.75, 3.05) is 52.9 Å². The minimum atomic E-state index is -0.0522. The number of hydrogen-bond donors (Lipinski definition) is 2. The number of nitrogens with two attached hydrogens (primary N) is 1. The van der Waals surface area contributed by atoms with Gasteiger partial charge in [0.25, 0.3) is 0 Å². The summed E-state index contributed by atoms with van der Waals surface area (Å²) in [6, 6.07) is 0. The fraction of sp³-hybridized carbons (Fsp3) is 0.929. The van der Waals surface area contributed by atoms with E-state index < -0.39 is 0 Å². The van der Waals surface area contributed by atoms with Gasteiger partial charge in [-0.05, 0) is 25.9 Å². The second-order valence-corrected chi connectivity index (χ2v) is 5.88. The van der Waals surface area contributed by atoms with E-state index in [1.165, 1.54) is 0 Å². The second-order valence-electron chi connectivity index (χ2n) is 5.88. The summed E-state index contributed by atoms with van der Waals surface area (Å²) in [5, 5.41) is 3.01. The fourth-order valence-electron chi connectivity index (χ4n) is 2.40. The lowest BCUT2D eigenvalue weighted by atomic mass is 9.95. The van der Waals surface area contributed by atoms with Crippen molar-refractivity contribution in [1.82, 2.24) is 15.1 Å². The molecule has 0 bridgehead atoms. The van der Waals surface area contributed by atoms with Crippen LogP contribution in [-0.4, -0.2) is 68.6 Å². The molecule has 0 aliphatic carbocycles. The molecule has 5 nitrogen and oxygen atoms in total. The van der Waals surface area contributed by atoms with Crippen LogP contribution in [0.25, 0.3) is 0 Å². The molecule has 0 aromatic rings. The molecule has 0 saturated carbocycles. The zero-order valence-corrected chi connectivity index (χ0v) is 12.7. The number of rotatable bonds is 7. The highest BCUT2D eigenvalue weighted by molar-refractivity contribution is 5.79. The Morgan fingerprint density at radius 3 is 2.42 bits per heavy atom. The predicted molar refractivity (Wildman–Crippen MR) is 78.9 cm³/mol. The van der Waals surface area contributed by atoms with Gasteiger partial charge in [-0.2, -0.15) is 0 Å². The Morgan fingerprint density at radius 1 is 1.26 bits per heavy atom. The van der Waals surface area contributed by atoms with Crippen molar-refractivity contribution in [2.24, 2.45) is 17.6 Å². The lowest BCUT2D eigenvalue weighted by Crippen LogP contribution is -2.45. The topological polar surface area (TPSA) is 61.6 Å². The molecule has 0 radical (unpaired) electrons. The standard InChI is InChI=1S/C14H30N4O/c1-12(2)13(11-15)14(19)16-5-4-6-18-9-7-17(3)8-10-18/h12-13H,4-11,15H2,1-3H3,(H,16,19). The van der Waals surface area contributed by atoms with Crippen LogP contribution < -0.4 is 11.1 Å². The van der Waals surface area contributed by atoms with Gasteiger partial charge in [0, 0.05) is 39.3 Å². The quantitative estimate of drug-likeness (QED) is 0.638. The zero-order chi connectivity index (χ0) is 14.3. The molecule has 1 saturated heterocycles. The molecule has 0 aromatic carbocycles. The SMILES string of the molecule is CC(C)C(CN)C(=O)NCCCN1CCN(C)CC1. The highest BCUT2D eigenvalue weighted by Gasteiger charge is 2.20. The summed E-state index contributed by atoms with van der Waals surface area (Å²) in [4.78, 5) is 16.7. The first-order valence-electron chi connectivity index (χ1n) is 7.43. The van der Waals surface area contributed by atoms with Gasteiger partial charge in [0.1, 0.15) is 0 Å².